The van der Waals surface area contributed by atoms with Crippen LogP contribution in [0, 0.1) is 5.92 Å². The van der Waals surface area contributed by atoms with Crippen molar-refractivity contribution in [2.75, 3.05) is 33.2 Å². The molecule has 1 heterocycles. The Hall–Kier alpha value is -1.31. The number of nitrogens with zero attached hydrogens (tertiary/aromatic N) is 2. The van der Waals surface area contributed by atoms with Crippen LogP contribution >= 0.6 is 0 Å². The first-order valence-electron chi connectivity index (χ1n) is 5.95. The smallest absolute Gasteiger partial charge is 0.401 e. The van der Waals surface area contributed by atoms with Crippen LogP contribution in [-0.4, -0.2) is 66.2 Å². The molecule has 1 rings (SSSR count). The van der Waals surface area contributed by atoms with E-state index >= 15 is 0 Å². The molecule has 1 amide bonds. The largest absolute Gasteiger partial charge is 0.480 e. The molecule has 0 aromatic heterocycles. The summed E-state index contributed by atoms with van der Waals surface area (Å²) in [6.07, 6.45) is -3.28. The number of aliphatic carboxylic acids is 1. The summed E-state index contributed by atoms with van der Waals surface area (Å²) in [5.41, 5.74) is 0. The van der Waals surface area contributed by atoms with Crippen LogP contribution in [0.5, 0.6) is 0 Å². The molecule has 1 aliphatic rings. The van der Waals surface area contributed by atoms with Crippen LogP contribution in [-0.2, 0) is 9.59 Å². The van der Waals surface area contributed by atoms with E-state index in [9.17, 15) is 22.8 Å². The lowest BCUT2D eigenvalue weighted by Gasteiger charge is -2.33. The van der Waals surface area contributed by atoms with Crippen molar-refractivity contribution in [2.24, 2.45) is 5.92 Å². The van der Waals surface area contributed by atoms with Gasteiger partial charge in [0.25, 0.3) is 0 Å². The Morgan fingerprint density at radius 2 is 2.05 bits per heavy atom. The first kappa shape index (κ1) is 15.7. The fourth-order valence-electron chi connectivity index (χ4n) is 2.25. The SMILES string of the molecule is CN(CC(=O)O)C(=O)C1CCCN(CC(F)(F)F)C1. The van der Waals surface area contributed by atoms with Crippen molar-refractivity contribution in [1.29, 1.82) is 0 Å². The number of piperidine rings is 1. The number of alkyl halides is 3. The van der Waals surface area contributed by atoms with Gasteiger partial charge in [-0.2, -0.15) is 13.2 Å². The molecule has 1 fully saturated rings. The topological polar surface area (TPSA) is 60.9 Å². The van der Waals surface area contributed by atoms with Crippen molar-refractivity contribution in [3.05, 3.63) is 0 Å². The molecule has 8 heteroatoms. The zero-order chi connectivity index (χ0) is 14.6. The summed E-state index contributed by atoms with van der Waals surface area (Å²) in [4.78, 5) is 24.6. The van der Waals surface area contributed by atoms with E-state index in [1.807, 2.05) is 0 Å². The number of carbonyl (C=O) groups excluding carboxylic acids is 1. The number of hydrogen-bond acceptors (Lipinski definition) is 3. The van der Waals surface area contributed by atoms with Gasteiger partial charge in [0.15, 0.2) is 0 Å². The highest BCUT2D eigenvalue weighted by Crippen LogP contribution is 2.23. The number of carbonyl (C=O) groups is 2. The van der Waals surface area contributed by atoms with Gasteiger partial charge in [-0.1, -0.05) is 0 Å². The van der Waals surface area contributed by atoms with Crippen molar-refractivity contribution >= 4 is 11.9 Å². The summed E-state index contributed by atoms with van der Waals surface area (Å²) in [6, 6.07) is 0. The highest BCUT2D eigenvalue weighted by atomic mass is 19.4. The summed E-state index contributed by atoms with van der Waals surface area (Å²) in [7, 11) is 1.35. The third kappa shape index (κ3) is 5.46. The van der Waals surface area contributed by atoms with E-state index in [1.54, 1.807) is 0 Å². The van der Waals surface area contributed by atoms with E-state index in [0.29, 0.717) is 19.4 Å². The third-order valence-electron chi connectivity index (χ3n) is 3.01. The number of rotatable bonds is 4. The van der Waals surface area contributed by atoms with E-state index in [2.05, 4.69) is 0 Å². The van der Waals surface area contributed by atoms with Crippen molar-refractivity contribution < 1.29 is 27.9 Å². The van der Waals surface area contributed by atoms with Crippen molar-refractivity contribution in [3.63, 3.8) is 0 Å². The fraction of sp³-hybridized carbons (Fsp3) is 0.818. The average molecular weight is 282 g/mol. The molecule has 0 aromatic carbocycles. The minimum Gasteiger partial charge on any atom is -0.480 e. The van der Waals surface area contributed by atoms with Gasteiger partial charge < -0.3 is 10.0 Å². The Bertz CT molecular complexity index is 347. The molecule has 1 aliphatic heterocycles. The van der Waals surface area contributed by atoms with Crippen LogP contribution in [0.25, 0.3) is 0 Å². The van der Waals surface area contributed by atoms with E-state index in [-0.39, 0.29) is 6.54 Å². The molecule has 0 bridgehead atoms. The summed E-state index contributed by atoms with van der Waals surface area (Å²) < 4.78 is 36.9. The van der Waals surface area contributed by atoms with Crippen LogP contribution in [0.2, 0.25) is 0 Å². The number of likely N-dealkylation sites (tertiary alicyclic amines) is 1. The van der Waals surface area contributed by atoms with Gasteiger partial charge >= 0.3 is 12.1 Å². The quantitative estimate of drug-likeness (QED) is 0.828. The molecule has 0 aliphatic carbocycles. The van der Waals surface area contributed by atoms with Crippen molar-refractivity contribution in [1.82, 2.24) is 9.80 Å². The van der Waals surface area contributed by atoms with Gasteiger partial charge in [-0.05, 0) is 19.4 Å². The summed E-state index contributed by atoms with van der Waals surface area (Å²) in [5.74, 6) is -2.10. The second-order valence-electron chi connectivity index (χ2n) is 4.78. The molecule has 1 unspecified atom stereocenters. The second kappa shape index (κ2) is 6.23. The monoisotopic (exact) mass is 282 g/mol. The van der Waals surface area contributed by atoms with Crippen LogP contribution in [0.15, 0.2) is 0 Å². The number of carboxylic acid groups (broad SMARTS) is 1. The van der Waals surface area contributed by atoms with Crippen LogP contribution in [0.1, 0.15) is 12.8 Å². The Labute approximate surface area is 109 Å². The molecule has 110 valence electrons. The Balaban J connectivity index is 2.54. The Morgan fingerprint density at radius 1 is 1.42 bits per heavy atom. The predicted molar refractivity (Wildman–Crippen MR) is 60.5 cm³/mol. The van der Waals surface area contributed by atoms with Gasteiger partial charge in [-0.3, -0.25) is 14.5 Å². The lowest BCUT2D eigenvalue weighted by atomic mass is 9.96. The van der Waals surface area contributed by atoms with E-state index < -0.39 is 37.1 Å². The van der Waals surface area contributed by atoms with Crippen molar-refractivity contribution in [2.45, 2.75) is 19.0 Å². The summed E-state index contributed by atoms with van der Waals surface area (Å²) >= 11 is 0. The van der Waals surface area contributed by atoms with Gasteiger partial charge in [0, 0.05) is 13.6 Å². The highest BCUT2D eigenvalue weighted by molar-refractivity contribution is 5.83. The lowest BCUT2D eigenvalue weighted by molar-refractivity contribution is -0.155. The predicted octanol–water partition coefficient (Wildman–Crippen LogP) is 0.804. The molecule has 0 radical (unpaired) electrons. The Kier molecular flexibility index (Phi) is 5.16. The minimum absolute atomic E-state index is 0.0301. The summed E-state index contributed by atoms with van der Waals surface area (Å²) in [5, 5.41) is 8.58. The number of hydrogen-bond donors (Lipinski definition) is 1. The van der Waals surface area contributed by atoms with E-state index in [0.717, 1.165) is 4.90 Å². The molecule has 5 nitrogen and oxygen atoms in total. The minimum atomic E-state index is -4.28. The number of likely N-dealkylation sites (N-methyl/N-ethyl adjacent to an activating group) is 1. The molecule has 1 saturated heterocycles. The van der Waals surface area contributed by atoms with Gasteiger partial charge in [0.05, 0.1) is 12.5 Å². The molecule has 1 N–H and O–H groups in total. The maximum absolute atomic E-state index is 12.3. The van der Waals surface area contributed by atoms with E-state index in [1.165, 1.54) is 11.9 Å². The second-order valence-corrected chi connectivity index (χ2v) is 4.78. The summed E-state index contributed by atoms with van der Waals surface area (Å²) in [6.45, 7) is -1.12. The zero-order valence-corrected chi connectivity index (χ0v) is 10.6. The molecule has 0 saturated carbocycles. The van der Waals surface area contributed by atoms with E-state index in [4.69, 9.17) is 5.11 Å². The molecule has 0 spiro atoms. The van der Waals surface area contributed by atoms with Crippen LogP contribution in [0.3, 0.4) is 0 Å². The van der Waals surface area contributed by atoms with Crippen LogP contribution in [0.4, 0.5) is 13.2 Å². The highest BCUT2D eigenvalue weighted by Gasteiger charge is 2.35. The molecule has 1 atom stereocenters. The third-order valence-corrected chi connectivity index (χ3v) is 3.01. The maximum atomic E-state index is 12.3. The molecule has 19 heavy (non-hydrogen) atoms. The zero-order valence-electron chi connectivity index (χ0n) is 10.6. The van der Waals surface area contributed by atoms with Gasteiger partial charge in [0.2, 0.25) is 5.91 Å². The van der Waals surface area contributed by atoms with Crippen molar-refractivity contribution in [3.8, 4) is 0 Å². The number of halogens is 3. The fourth-order valence-corrected chi connectivity index (χ4v) is 2.25. The first-order valence-corrected chi connectivity index (χ1v) is 5.95. The normalized spacial score (nSPS) is 21.2. The molecular formula is C11H17F3N2O3. The molecular weight excluding hydrogens is 265 g/mol. The molecule has 0 aromatic rings. The van der Waals surface area contributed by atoms with Gasteiger partial charge in [-0.15, -0.1) is 0 Å². The van der Waals surface area contributed by atoms with Crippen LogP contribution < -0.4 is 0 Å². The standard InChI is InChI=1S/C11H17F3N2O3/c1-15(6-9(17)18)10(19)8-3-2-4-16(5-8)7-11(12,13)14/h8H,2-7H2,1H3,(H,17,18). The van der Waals surface area contributed by atoms with Gasteiger partial charge in [-0.25, -0.2) is 0 Å². The lowest BCUT2D eigenvalue weighted by Crippen LogP contribution is -2.47. The first-order chi connectivity index (χ1) is 8.69. The number of amides is 1. The average Bonchev–Trinajstić information content (AvgIpc) is 2.25. The number of carboxylic acids is 1. The van der Waals surface area contributed by atoms with Gasteiger partial charge in [0.1, 0.15) is 6.54 Å². The Morgan fingerprint density at radius 3 is 2.58 bits per heavy atom. The maximum Gasteiger partial charge on any atom is 0.401 e.